The van der Waals surface area contributed by atoms with Crippen LogP contribution in [0.3, 0.4) is 0 Å². The fraction of sp³-hybridized carbons (Fsp3) is 0.300. The molecule has 1 aromatic carbocycles. The highest BCUT2D eigenvalue weighted by atomic mass is 32.2. The van der Waals surface area contributed by atoms with E-state index in [4.69, 9.17) is 5.73 Å². The minimum atomic E-state index is -4.44. The number of hydrogen-bond donors (Lipinski definition) is 2. The van der Waals surface area contributed by atoms with E-state index in [0.29, 0.717) is 4.90 Å². The molecule has 0 fully saturated rings. The number of halogens is 4. The third-order valence-corrected chi connectivity index (χ3v) is 2.73. The molecule has 8 heteroatoms. The van der Waals surface area contributed by atoms with Crippen molar-refractivity contribution in [2.24, 2.45) is 0 Å². The summed E-state index contributed by atoms with van der Waals surface area (Å²) in [5, 5.41) is 1.71. The first-order valence-electron chi connectivity index (χ1n) is 4.78. The number of carbonyl (C=O) groups is 1. The number of nitrogens with one attached hydrogen (secondary N) is 1. The van der Waals surface area contributed by atoms with Crippen molar-refractivity contribution in [3.8, 4) is 0 Å². The third kappa shape index (κ3) is 5.76. The van der Waals surface area contributed by atoms with Crippen molar-refractivity contribution in [2.75, 3.05) is 18.0 Å². The van der Waals surface area contributed by atoms with E-state index in [1.807, 2.05) is 0 Å². The SMILES string of the molecule is Nc1cc(F)cc(SCC(=O)NCC(F)(F)F)c1. The number of anilines is 1. The number of hydrogen-bond acceptors (Lipinski definition) is 3. The molecule has 3 nitrogen and oxygen atoms in total. The molecule has 0 spiro atoms. The average Bonchev–Trinajstić information content (AvgIpc) is 2.21. The number of nitrogen functional groups attached to an aromatic ring is 1. The topological polar surface area (TPSA) is 55.1 Å². The number of benzene rings is 1. The Labute approximate surface area is 105 Å². The predicted octanol–water partition coefficient (Wildman–Crippen LogP) is 2.18. The second kappa shape index (κ2) is 5.94. The molecule has 0 aliphatic heterocycles. The van der Waals surface area contributed by atoms with Crippen molar-refractivity contribution in [2.45, 2.75) is 11.1 Å². The van der Waals surface area contributed by atoms with Gasteiger partial charge in [-0.25, -0.2) is 4.39 Å². The number of amides is 1. The zero-order valence-corrected chi connectivity index (χ0v) is 9.87. The summed E-state index contributed by atoms with van der Waals surface area (Å²) in [5.41, 5.74) is 5.57. The van der Waals surface area contributed by atoms with Crippen LogP contribution in [-0.2, 0) is 4.79 Å². The molecule has 0 atom stereocenters. The Morgan fingerprint density at radius 1 is 1.33 bits per heavy atom. The first-order valence-corrected chi connectivity index (χ1v) is 5.77. The minimum absolute atomic E-state index is 0.188. The Morgan fingerprint density at radius 3 is 2.56 bits per heavy atom. The van der Waals surface area contributed by atoms with Gasteiger partial charge in [0.2, 0.25) is 5.91 Å². The molecular weight excluding hydrogens is 272 g/mol. The van der Waals surface area contributed by atoms with Crippen LogP contribution in [0.15, 0.2) is 23.1 Å². The second-order valence-corrected chi connectivity index (χ2v) is 4.45. The van der Waals surface area contributed by atoms with Crippen LogP contribution >= 0.6 is 11.8 Å². The van der Waals surface area contributed by atoms with Crippen LogP contribution in [0.25, 0.3) is 0 Å². The van der Waals surface area contributed by atoms with E-state index in [1.54, 1.807) is 5.32 Å². The van der Waals surface area contributed by atoms with Gasteiger partial charge in [0.25, 0.3) is 0 Å². The molecule has 0 radical (unpaired) electrons. The summed E-state index contributed by atoms with van der Waals surface area (Å²) in [4.78, 5) is 11.5. The normalized spacial score (nSPS) is 11.3. The van der Waals surface area contributed by atoms with E-state index < -0.39 is 24.4 Å². The van der Waals surface area contributed by atoms with Crippen LogP contribution in [0.2, 0.25) is 0 Å². The van der Waals surface area contributed by atoms with Crippen LogP contribution < -0.4 is 11.1 Å². The monoisotopic (exact) mass is 282 g/mol. The van der Waals surface area contributed by atoms with Gasteiger partial charge in [0.1, 0.15) is 12.4 Å². The number of thioether (sulfide) groups is 1. The van der Waals surface area contributed by atoms with Gasteiger partial charge < -0.3 is 11.1 Å². The van der Waals surface area contributed by atoms with E-state index in [2.05, 4.69) is 0 Å². The van der Waals surface area contributed by atoms with Gasteiger partial charge in [-0.3, -0.25) is 4.79 Å². The standard InChI is InChI=1S/C10H10F4N2OS/c11-6-1-7(15)3-8(2-6)18-4-9(17)16-5-10(12,13)14/h1-3H,4-5,15H2,(H,16,17). The lowest BCUT2D eigenvalue weighted by Crippen LogP contribution is -2.34. The Hall–Kier alpha value is -1.44. The van der Waals surface area contributed by atoms with Crippen molar-refractivity contribution in [3.05, 3.63) is 24.0 Å². The first kappa shape index (κ1) is 14.6. The molecule has 1 amide bonds. The Kier molecular flexibility index (Phi) is 4.83. The maximum Gasteiger partial charge on any atom is 0.405 e. The summed E-state index contributed by atoms with van der Waals surface area (Å²) < 4.78 is 48.3. The largest absolute Gasteiger partial charge is 0.405 e. The van der Waals surface area contributed by atoms with Gasteiger partial charge in [0.05, 0.1) is 5.75 Å². The lowest BCUT2D eigenvalue weighted by Gasteiger charge is -2.08. The van der Waals surface area contributed by atoms with E-state index >= 15 is 0 Å². The van der Waals surface area contributed by atoms with Crippen LogP contribution in [-0.4, -0.2) is 24.4 Å². The molecule has 18 heavy (non-hydrogen) atoms. The first-order chi connectivity index (χ1) is 8.26. The molecular formula is C10H10F4N2OS. The quantitative estimate of drug-likeness (QED) is 0.505. The lowest BCUT2D eigenvalue weighted by atomic mass is 10.3. The Bertz CT molecular complexity index is 416. The summed E-state index contributed by atoms with van der Waals surface area (Å²) in [6.45, 7) is -1.38. The fourth-order valence-electron chi connectivity index (χ4n) is 1.07. The summed E-state index contributed by atoms with van der Waals surface area (Å²) in [5.74, 6) is -1.58. The summed E-state index contributed by atoms with van der Waals surface area (Å²) >= 11 is 0.908. The van der Waals surface area contributed by atoms with Gasteiger partial charge in [-0.1, -0.05) is 0 Å². The Morgan fingerprint density at radius 2 is 2.00 bits per heavy atom. The molecule has 0 saturated carbocycles. The average molecular weight is 282 g/mol. The number of carbonyl (C=O) groups excluding carboxylic acids is 1. The van der Waals surface area contributed by atoms with Gasteiger partial charge in [0.15, 0.2) is 0 Å². The van der Waals surface area contributed by atoms with Crippen molar-refractivity contribution >= 4 is 23.4 Å². The number of alkyl halides is 3. The van der Waals surface area contributed by atoms with E-state index in [9.17, 15) is 22.4 Å². The van der Waals surface area contributed by atoms with Crippen molar-refractivity contribution in [1.82, 2.24) is 5.32 Å². The van der Waals surface area contributed by atoms with Gasteiger partial charge >= 0.3 is 6.18 Å². The molecule has 1 rings (SSSR count). The second-order valence-electron chi connectivity index (χ2n) is 3.40. The van der Waals surface area contributed by atoms with Crippen LogP contribution in [0, 0.1) is 5.82 Å². The molecule has 0 bridgehead atoms. The molecule has 0 heterocycles. The Balaban J connectivity index is 2.43. The number of rotatable bonds is 4. The highest BCUT2D eigenvalue weighted by Crippen LogP contribution is 2.22. The molecule has 0 aromatic heterocycles. The van der Waals surface area contributed by atoms with Gasteiger partial charge in [0, 0.05) is 10.6 Å². The molecule has 1 aromatic rings. The zero-order valence-electron chi connectivity index (χ0n) is 9.05. The summed E-state index contributed by atoms with van der Waals surface area (Å²) in [7, 11) is 0. The summed E-state index contributed by atoms with van der Waals surface area (Å²) in [6, 6.07) is 3.69. The van der Waals surface area contributed by atoms with E-state index in [0.717, 1.165) is 23.9 Å². The van der Waals surface area contributed by atoms with Gasteiger partial charge in [-0.05, 0) is 18.2 Å². The molecule has 0 saturated heterocycles. The van der Waals surface area contributed by atoms with Crippen molar-refractivity contribution in [3.63, 3.8) is 0 Å². The van der Waals surface area contributed by atoms with E-state index in [-0.39, 0.29) is 11.4 Å². The molecule has 0 unspecified atom stereocenters. The lowest BCUT2D eigenvalue weighted by molar-refractivity contribution is -0.136. The fourth-order valence-corrected chi connectivity index (χ4v) is 1.88. The van der Waals surface area contributed by atoms with Crippen molar-refractivity contribution in [1.29, 1.82) is 0 Å². The van der Waals surface area contributed by atoms with E-state index in [1.165, 1.54) is 6.07 Å². The summed E-state index contributed by atoms with van der Waals surface area (Å²) in [6.07, 6.45) is -4.44. The maximum atomic E-state index is 12.9. The third-order valence-electron chi connectivity index (χ3n) is 1.75. The van der Waals surface area contributed by atoms with Crippen LogP contribution in [0.5, 0.6) is 0 Å². The van der Waals surface area contributed by atoms with Crippen molar-refractivity contribution < 1.29 is 22.4 Å². The maximum absolute atomic E-state index is 12.9. The zero-order chi connectivity index (χ0) is 13.8. The predicted molar refractivity (Wildman–Crippen MR) is 60.6 cm³/mol. The molecule has 100 valence electrons. The van der Waals surface area contributed by atoms with Crippen LogP contribution in [0.1, 0.15) is 0 Å². The van der Waals surface area contributed by atoms with Gasteiger partial charge in [-0.15, -0.1) is 11.8 Å². The molecule has 3 N–H and O–H groups in total. The smallest absolute Gasteiger partial charge is 0.399 e. The minimum Gasteiger partial charge on any atom is -0.399 e. The van der Waals surface area contributed by atoms with Gasteiger partial charge in [-0.2, -0.15) is 13.2 Å². The molecule has 0 aliphatic carbocycles. The number of nitrogens with two attached hydrogens (primary N) is 1. The highest BCUT2D eigenvalue weighted by molar-refractivity contribution is 8.00. The highest BCUT2D eigenvalue weighted by Gasteiger charge is 2.27. The van der Waals surface area contributed by atoms with Crippen LogP contribution in [0.4, 0.5) is 23.2 Å². The molecule has 0 aliphatic rings.